The third-order valence-electron chi connectivity index (χ3n) is 9.20. The number of esters is 1. The van der Waals surface area contributed by atoms with Crippen LogP contribution in [0, 0.1) is 11.8 Å². The summed E-state index contributed by atoms with van der Waals surface area (Å²) in [6, 6.07) is 5.18. The van der Waals surface area contributed by atoms with Gasteiger partial charge in [-0.2, -0.15) is 0 Å². The van der Waals surface area contributed by atoms with Gasteiger partial charge in [-0.15, -0.1) is 0 Å². The molecule has 9 atom stereocenters. The Bertz CT molecular complexity index is 1390. The van der Waals surface area contributed by atoms with Gasteiger partial charge in [-0.1, -0.05) is 6.92 Å². The number of carbonyl (C=O) groups excluding carboxylic acids is 2. The number of nitrogens with zero attached hydrogens (tertiary/aromatic N) is 3. The van der Waals surface area contributed by atoms with E-state index in [-0.39, 0.29) is 25.0 Å². The van der Waals surface area contributed by atoms with Gasteiger partial charge in [-0.05, 0) is 57.6 Å². The first-order chi connectivity index (χ1) is 19.4. The van der Waals surface area contributed by atoms with Crippen LogP contribution in [0.4, 0.5) is 0 Å². The standard InChI is InChI=1S/C29H37N3O9/c1-5-29(38)18-9-20-22-14(10-32(20)26(36)17(18)12-39-28(29)37)8-15-16(11-31(3)4)21(7-6-19(15)30-22)41-27-25(35)24(34)23(33)13(2)40-27/h6-8,13,17-18,20,23-25,27,33-35,38H,5,9-12H2,1-4H3/t13-,17?,18?,20?,23+,24+,25-,27-,29-/m0/s1. The molecule has 3 fully saturated rings. The van der Waals surface area contributed by atoms with Crippen molar-refractivity contribution in [1.82, 2.24) is 14.8 Å². The minimum absolute atomic E-state index is 0.0350. The van der Waals surface area contributed by atoms with E-state index in [1.54, 1.807) is 30.9 Å². The lowest BCUT2D eigenvalue weighted by atomic mass is 9.69. The molecular weight excluding hydrogens is 534 g/mol. The zero-order valence-corrected chi connectivity index (χ0v) is 23.6. The first kappa shape index (κ1) is 28.3. The minimum atomic E-state index is -1.71. The molecule has 3 unspecified atom stereocenters. The molecule has 0 radical (unpaired) electrons. The molecule has 2 aromatic rings. The molecule has 0 bridgehead atoms. The molecule has 0 aliphatic carbocycles. The highest BCUT2D eigenvalue weighted by Crippen LogP contribution is 2.50. The fourth-order valence-electron chi connectivity index (χ4n) is 6.85. The summed E-state index contributed by atoms with van der Waals surface area (Å²) in [4.78, 5) is 34.8. The van der Waals surface area contributed by atoms with Crippen LogP contribution < -0.4 is 4.74 Å². The molecule has 0 saturated carbocycles. The molecule has 1 aromatic carbocycles. The molecule has 41 heavy (non-hydrogen) atoms. The van der Waals surface area contributed by atoms with Crippen LogP contribution in [-0.4, -0.2) is 104 Å². The Labute approximate surface area is 237 Å². The lowest BCUT2D eigenvalue weighted by Gasteiger charge is -2.48. The summed E-state index contributed by atoms with van der Waals surface area (Å²) in [5, 5.41) is 42.9. The van der Waals surface area contributed by atoms with Crippen molar-refractivity contribution in [3.63, 3.8) is 0 Å². The van der Waals surface area contributed by atoms with Gasteiger partial charge in [0.05, 0.1) is 29.3 Å². The lowest BCUT2D eigenvalue weighted by Crippen LogP contribution is -2.61. The molecule has 12 heteroatoms. The predicted octanol–water partition coefficient (Wildman–Crippen LogP) is 0.220. The smallest absolute Gasteiger partial charge is 0.338 e. The number of amides is 1. The van der Waals surface area contributed by atoms with Crippen LogP contribution in [0.5, 0.6) is 5.75 Å². The Morgan fingerprint density at radius 2 is 1.93 bits per heavy atom. The second-order valence-electron chi connectivity index (χ2n) is 12.0. The maximum Gasteiger partial charge on any atom is 0.338 e. The zero-order valence-electron chi connectivity index (χ0n) is 23.6. The van der Waals surface area contributed by atoms with Gasteiger partial charge in [0.1, 0.15) is 30.7 Å². The van der Waals surface area contributed by atoms with Crippen LogP contribution >= 0.6 is 0 Å². The number of cyclic esters (lactones) is 1. The Morgan fingerprint density at radius 1 is 1.17 bits per heavy atom. The van der Waals surface area contributed by atoms with Crippen molar-refractivity contribution >= 4 is 22.8 Å². The van der Waals surface area contributed by atoms with Crippen LogP contribution in [0.25, 0.3) is 10.9 Å². The van der Waals surface area contributed by atoms with Gasteiger partial charge in [0.2, 0.25) is 12.2 Å². The van der Waals surface area contributed by atoms with E-state index in [9.17, 15) is 30.0 Å². The summed E-state index contributed by atoms with van der Waals surface area (Å²) >= 11 is 0. The maximum absolute atomic E-state index is 13.6. The highest BCUT2D eigenvalue weighted by atomic mass is 16.7. The third-order valence-corrected chi connectivity index (χ3v) is 9.20. The van der Waals surface area contributed by atoms with Crippen molar-refractivity contribution in [2.24, 2.45) is 11.8 Å². The lowest BCUT2D eigenvalue weighted by molar-refractivity contribution is -0.268. The number of aliphatic hydroxyl groups is 4. The molecule has 3 saturated heterocycles. The fourth-order valence-corrected chi connectivity index (χ4v) is 6.85. The number of piperidine rings is 1. The normalized spacial score (nSPS) is 36.7. The molecular formula is C29H37N3O9. The Balaban J connectivity index is 1.37. The van der Waals surface area contributed by atoms with Crippen molar-refractivity contribution in [1.29, 1.82) is 0 Å². The predicted molar refractivity (Wildman–Crippen MR) is 143 cm³/mol. The van der Waals surface area contributed by atoms with Gasteiger partial charge >= 0.3 is 5.97 Å². The average Bonchev–Trinajstić information content (AvgIpc) is 3.30. The summed E-state index contributed by atoms with van der Waals surface area (Å²) in [6.07, 6.45) is -5.47. The van der Waals surface area contributed by atoms with E-state index in [4.69, 9.17) is 19.2 Å². The summed E-state index contributed by atoms with van der Waals surface area (Å²) in [6.45, 7) is 4.10. The topological polar surface area (TPSA) is 162 Å². The summed E-state index contributed by atoms with van der Waals surface area (Å²) in [5.74, 6) is -1.53. The molecule has 222 valence electrons. The number of benzene rings is 1. The van der Waals surface area contributed by atoms with Crippen LogP contribution in [0.3, 0.4) is 0 Å². The molecule has 4 aliphatic rings. The van der Waals surface area contributed by atoms with Crippen molar-refractivity contribution in [3.8, 4) is 5.75 Å². The van der Waals surface area contributed by atoms with Gasteiger partial charge in [0.15, 0.2) is 5.60 Å². The summed E-state index contributed by atoms with van der Waals surface area (Å²) < 4.78 is 17.0. The number of carbonyl (C=O) groups is 2. The molecule has 6 rings (SSSR count). The van der Waals surface area contributed by atoms with Crippen LogP contribution in [-0.2, 0) is 32.2 Å². The van der Waals surface area contributed by atoms with Gasteiger partial charge < -0.3 is 44.4 Å². The van der Waals surface area contributed by atoms with E-state index in [0.29, 0.717) is 30.8 Å². The number of hydrogen-bond acceptors (Lipinski definition) is 11. The molecule has 1 aromatic heterocycles. The Morgan fingerprint density at radius 3 is 2.63 bits per heavy atom. The highest BCUT2D eigenvalue weighted by molar-refractivity contribution is 5.89. The third kappa shape index (κ3) is 4.39. The van der Waals surface area contributed by atoms with E-state index >= 15 is 0 Å². The SMILES string of the molecule is CC[C@@]1(O)C(=O)OCC2C(=O)N3Cc4cc5c(CN(C)C)c(O[C@@H]6O[C@@H](C)[C@@H](O)[C@@H](O)[C@@H]6O)ccc5nc4C3CC21. The van der Waals surface area contributed by atoms with Crippen molar-refractivity contribution in [3.05, 3.63) is 35.0 Å². The number of aliphatic hydroxyl groups excluding tert-OH is 3. The molecule has 0 spiro atoms. The Hall–Kier alpha value is -2.87. The second kappa shape index (κ2) is 10.1. The van der Waals surface area contributed by atoms with E-state index in [1.807, 2.05) is 25.1 Å². The molecule has 4 N–H and O–H groups in total. The van der Waals surface area contributed by atoms with Crippen LogP contribution in [0.15, 0.2) is 18.2 Å². The molecule has 4 aliphatic heterocycles. The van der Waals surface area contributed by atoms with Gasteiger partial charge in [-0.25, -0.2) is 4.79 Å². The van der Waals surface area contributed by atoms with Gasteiger partial charge in [0, 0.05) is 30.0 Å². The first-order valence-electron chi connectivity index (χ1n) is 14.1. The van der Waals surface area contributed by atoms with E-state index in [1.165, 1.54) is 0 Å². The average molecular weight is 572 g/mol. The van der Waals surface area contributed by atoms with Crippen LogP contribution in [0.2, 0.25) is 0 Å². The van der Waals surface area contributed by atoms with Gasteiger partial charge in [-0.3, -0.25) is 9.78 Å². The number of rotatable bonds is 5. The number of pyridine rings is 1. The molecule has 5 heterocycles. The van der Waals surface area contributed by atoms with Crippen LogP contribution in [0.1, 0.15) is 49.6 Å². The zero-order chi connectivity index (χ0) is 29.4. The number of hydrogen-bond donors (Lipinski definition) is 4. The molecule has 12 nitrogen and oxygen atoms in total. The number of ether oxygens (including phenoxy) is 3. The maximum atomic E-state index is 13.6. The van der Waals surface area contributed by atoms with E-state index in [0.717, 1.165) is 22.2 Å². The summed E-state index contributed by atoms with van der Waals surface area (Å²) in [7, 11) is 3.83. The van der Waals surface area contributed by atoms with Gasteiger partial charge in [0.25, 0.3) is 0 Å². The monoisotopic (exact) mass is 571 g/mol. The van der Waals surface area contributed by atoms with Crippen molar-refractivity contribution in [2.75, 3.05) is 20.7 Å². The number of aromatic nitrogens is 1. The quantitative estimate of drug-likeness (QED) is 0.363. The Kier molecular flexibility index (Phi) is 6.99. The van der Waals surface area contributed by atoms with E-state index in [2.05, 4.69) is 0 Å². The van der Waals surface area contributed by atoms with E-state index < -0.39 is 54.1 Å². The van der Waals surface area contributed by atoms with Crippen molar-refractivity contribution in [2.45, 2.75) is 82.1 Å². The molecule has 1 amide bonds. The largest absolute Gasteiger partial charge is 0.463 e. The summed E-state index contributed by atoms with van der Waals surface area (Å²) in [5.41, 5.74) is 1.40. The van der Waals surface area contributed by atoms with Crippen molar-refractivity contribution < 1.29 is 44.2 Å². The minimum Gasteiger partial charge on any atom is -0.463 e. The second-order valence-corrected chi connectivity index (χ2v) is 12.0. The fraction of sp³-hybridized carbons (Fsp3) is 0.621. The first-order valence-corrected chi connectivity index (χ1v) is 14.1. The highest BCUT2D eigenvalue weighted by Gasteiger charge is 2.59. The number of fused-ring (bicyclic) bond motifs is 5.